The molecule has 33 heavy (non-hydrogen) atoms. The van der Waals surface area contributed by atoms with Crippen LogP contribution >= 0.6 is 11.6 Å². The maximum Gasteiger partial charge on any atom is 0.331 e. The Morgan fingerprint density at radius 2 is 1.64 bits per heavy atom. The number of carbonyl (C=O) groups is 2. The summed E-state index contributed by atoms with van der Waals surface area (Å²) in [6, 6.07) is 10.3. The molecule has 10 heteroatoms. The van der Waals surface area contributed by atoms with E-state index in [4.69, 9.17) is 11.6 Å². The first-order valence-electron chi connectivity index (χ1n) is 10.6. The second-order valence-corrected chi connectivity index (χ2v) is 8.14. The quantitative estimate of drug-likeness (QED) is 0.581. The molecule has 0 atom stereocenters. The van der Waals surface area contributed by atoms with Crippen LogP contribution in [0, 0.1) is 5.82 Å². The van der Waals surface area contributed by atoms with Crippen LogP contribution in [0.1, 0.15) is 17.3 Å². The van der Waals surface area contributed by atoms with E-state index in [0.717, 1.165) is 10.6 Å². The minimum atomic E-state index is -0.533. The first-order valence-corrected chi connectivity index (χ1v) is 10.9. The van der Waals surface area contributed by atoms with Crippen LogP contribution in [-0.4, -0.2) is 56.9 Å². The molecule has 1 aliphatic heterocycles. The SMILES string of the molecule is CCn1c(=O)c2ccccc2n(CC(=O)N2CCN(C(=O)c3ccc(F)cc3Cl)CC2)c1=O. The standard InChI is InChI=1S/C23H22ClFN4O4/c1-2-28-22(32)17-5-3-4-6-19(17)29(23(28)33)14-20(30)26-9-11-27(12-10-26)21(31)16-8-7-15(25)13-18(16)24/h3-8,13H,2,9-12,14H2,1H3. The van der Waals surface area contributed by atoms with Crippen LogP contribution in [0.2, 0.25) is 5.02 Å². The Morgan fingerprint density at radius 3 is 2.30 bits per heavy atom. The average Bonchev–Trinajstić information content (AvgIpc) is 2.82. The van der Waals surface area contributed by atoms with Crippen LogP contribution in [0.15, 0.2) is 52.1 Å². The Labute approximate surface area is 193 Å². The highest BCUT2D eigenvalue weighted by atomic mass is 35.5. The highest BCUT2D eigenvalue weighted by Crippen LogP contribution is 2.20. The predicted octanol–water partition coefficient (Wildman–Crippen LogP) is 1.96. The van der Waals surface area contributed by atoms with Gasteiger partial charge in [0.15, 0.2) is 0 Å². The van der Waals surface area contributed by atoms with Gasteiger partial charge in [0.2, 0.25) is 5.91 Å². The van der Waals surface area contributed by atoms with Crippen molar-refractivity contribution in [2.75, 3.05) is 26.2 Å². The smallest absolute Gasteiger partial charge is 0.331 e. The molecule has 0 aliphatic carbocycles. The van der Waals surface area contributed by atoms with Gasteiger partial charge < -0.3 is 9.80 Å². The van der Waals surface area contributed by atoms with Crippen molar-refractivity contribution in [3.63, 3.8) is 0 Å². The summed E-state index contributed by atoms with van der Waals surface area (Å²) in [5, 5.41) is 0.411. The molecular weight excluding hydrogens is 451 g/mol. The molecule has 0 spiro atoms. The van der Waals surface area contributed by atoms with Gasteiger partial charge in [-0.05, 0) is 37.3 Å². The van der Waals surface area contributed by atoms with Gasteiger partial charge >= 0.3 is 5.69 Å². The van der Waals surface area contributed by atoms with Gasteiger partial charge in [-0.15, -0.1) is 0 Å². The number of amides is 2. The van der Waals surface area contributed by atoms with E-state index in [1.165, 1.54) is 16.7 Å². The number of aromatic nitrogens is 2. The third-order valence-corrected chi connectivity index (χ3v) is 6.14. The van der Waals surface area contributed by atoms with E-state index in [-0.39, 0.29) is 67.2 Å². The molecule has 1 fully saturated rings. The molecule has 0 N–H and O–H groups in total. The highest BCUT2D eigenvalue weighted by molar-refractivity contribution is 6.33. The van der Waals surface area contributed by atoms with Crippen LogP contribution in [0.25, 0.3) is 10.9 Å². The molecule has 2 amide bonds. The third-order valence-electron chi connectivity index (χ3n) is 5.82. The molecule has 4 rings (SSSR count). The van der Waals surface area contributed by atoms with Gasteiger partial charge in [0.05, 0.1) is 21.5 Å². The molecule has 172 valence electrons. The van der Waals surface area contributed by atoms with E-state index < -0.39 is 11.5 Å². The molecule has 2 heterocycles. The monoisotopic (exact) mass is 472 g/mol. The molecule has 0 saturated carbocycles. The molecule has 8 nitrogen and oxygen atoms in total. The molecule has 1 saturated heterocycles. The lowest BCUT2D eigenvalue weighted by atomic mass is 10.1. The van der Waals surface area contributed by atoms with Crippen LogP contribution in [0.4, 0.5) is 4.39 Å². The van der Waals surface area contributed by atoms with E-state index in [0.29, 0.717) is 10.9 Å². The molecule has 0 bridgehead atoms. The second kappa shape index (κ2) is 9.19. The summed E-state index contributed by atoms with van der Waals surface area (Å²) < 4.78 is 15.7. The van der Waals surface area contributed by atoms with Crippen LogP contribution in [0.5, 0.6) is 0 Å². The second-order valence-electron chi connectivity index (χ2n) is 7.73. The molecular formula is C23H22ClFN4O4. The van der Waals surface area contributed by atoms with E-state index in [1.54, 1.807) is 41.0 Å². The van der Waals surface area contributed by atoms with Gasteiger partial charge in [-0.1, -0.05) is 23.7 Å². The normalized spacial score (nSPS) is 14.0. The number of para-hydroxylation sites is 1. The number of carbonyl (C=O) groups excluding carboxylic acids is 2. The fourth-order valence-electron chi connectivity index (χ4n) is 4.03. The van der Waals surface area contributed by atoms with Crippen molar-refractivity contribution < 1.29 is 14.0 Å². The zero-order chi connectivity index (χ0) is 23.7. The maximum atomic E-state index is 13.3. The van der Waals surface area contributed by atoms with Crippen LogP contribution < -0.4 is 11.2 Å². The largest absolute Gasteiger partial charge is 0.338 e. The number of halogens is 2. The minimum Gasteiger partial charge on any atom is -0.338 e. The van der Waals surface area contributed by atoms with Gasteiger partial charge in [-0.3, -0.25) is 23.5 Å². The minimum absolute atomic E-state index is 0.0378. The first kappa shape index (κ1) is 22.7. The lowest BCUT2D eigenvalue weighted by Gasteiger charge is -2.35. The number of rotatable bonds is 4. The van der Waals surface area contributed by atoms with Crippen molar-refractivity contribution >= 4 is 34.3 Å². The summed E-state index contributed by atoms with van der Waals surface area (Å²) in [5.41, 5.74) is -0.300. The summed E-state index contributed by atoms with van der Waals surface area (Å²) in [6.45, 7) is 2.81. The zero-order valence-corrected chi connectivity index (χ0v) is 18.7. The number of nitrogens with zero attached hydrogens (tertiary/aromatic N) is 4. The van der Waals surface area contributed by atoms with Crippen molar-refractivity contribution in [1.29, 1.82) is 0 Å². The molecule has 1 aliphatic rings. The van der Waals surface area contributed by atoms with Gasteiger partial charge in [-0.25, -0.2) is 9.18 Å². The number of piperazine rings is 1. The zero-order valence-electron chi connectivity index (χ0n) is 18.0. The van der Waals surface area contributed by atoms with Gasteiger partial charge in [0, 0.05) is 32.7 Å². The topological polar surface area (TPSA) is 84.6 Å². The van der Waals surface area contributed by atoms with Crippen molar-refractivity contribution in [2.24, 2.45) is 0 Å². The maximum absolute atomic E-state index is 13.3. The van der Waals surface area contributed by atoms with Crippen molar-refractivity contribution in [1.82, 2.24) is 18.9 Å². The number of hydrogen-bond donors (Lipinski definition) is 0. The Bertz CT molecular complexity index is 1360. The molecule has 1 aromatic heterocycles. The van der Waals surface area contributed by atoms with Gasteiger partial charge in [0.1, 0.15) is 12.4 Å². The Hall–Kier alpha value is -3.46. The predicted molar refractivity (Wildman–Crippen MR) is 122 cm³/mol. The number of fused-ring (bicyclic) bond motifs is 1. The average molecular weight is 473 g/mol. The van der Waals surface area contributed by atoms with E-state index >= 15 is 0 Å². The Morgan fingerprint density at radius 1 is 0.970 bits per heavy atom. The lowest BCUT2D eigenvalue weighted by Crippen LogP contribution is -2.52. The van der Waals surface area contributed by atoms with Crippen LogP contribution in [0.3, 0.4) is 0 Å². The lowest BCUT2D eigenvalue weighted by molar-refractivity contribution is -0.133. The van der Waals surface area contributed by atoms with E-state index in [9.17, 15) is 23.6 Å². The summed E-state index contributed by atoms with van der Waals surface area (Å²) in [5.74, 6) is -1.14. The Balaban J connectivity index is 1.50. The summed E-state index contributed by atoms with van der Waals surface area (Å²) in [6.07, 6.45) is 0. The van der Waals surface area contributed by atoms with Crippen LogP contribution in [-0.2, 0) is 17.9 Å². The molecule has 3 aromatic rings. The van der Waals surface area contributed by atoms with Crippen molar-refractivity contribution in [3.05, 3.63) is 79.7 Å². The summed E-state index contributed by atoms with van der Waals surface area (Å²) in [7, 11) is 0. The van der Waals surface area contributed by atoms with E-state index in [1.807, 2.05) is 0 Å². The fourth-order valence-corrected chi connectivity index (χ4v) is 4.28. The van der Waals surface area contributed by atoms with E-state index in [2.05, 4.69) is 0 Å². The van der Waals surface area contributed by atoms with Crippen molar-refractivity contribution in [3.8, 4) is 0 Å². The van der Waals surface area contributed by atoms with Gasteiger partial charge in [0.25, 0.3) is 11.5 Å². The first-order chi connectivity index (χ1) is 15.8. The number of benzene rings is 2. The van der Waals surface area contributed by atoms with Crippen molar-refractivity contribution in [2.45, 2.75) is 20.0 Å². The summed E-state index contributed by atoms with van der Waals surface area (Å²) >= 11 is 6.00. The summed E-state index contributed by atoms with van der Waals surface area (Å²) in [4.78, 5) is 54.3. The third kappa shape index (κ3) is 4.28. The molecule has 0 unspecified atom stereocenters. The number of hydrogen-bond acceptors (Lipinski definition) is 4. The molecule has 0 radical (unpaired) electrons. The molecule has 2 aromatic carbocycles. The highest BCUT2D eigenvalue weighted by Gasteiger charge is 2.27. The van der Waals surface area contributed by atoms with Gasteiger partial charge in [-0.2, -0.15) is 0 Å². The Kier molecular flexibility index (Phi) is 6.33. The fraction of sp³-hybridized carbons (Fsp3) is 0.304.